The Balaban J connectivity index is 2.62. The van der Waals surface area contributed by atoms with Gasteiger partial charge in [-0.15, -0.1) is 0 Å². The first kappa shape index (κ1) is 18.6. The molecule has 1 atom stereocenters. The molecule has 0 aromatic heterocycles. The zero-order valence-corrected chi connectivity index (χ0v) is 14.3. The summed E-state index contributed by atoms with van der Waals surface area (Å²) in [7, 11) is 0. The van der Waals surface area contributed by atoms with Crippen molar-refractivity contribution in [2.45, 2.75) is 45.6 Å². The first-order valence-corrected chi connectivity index (χ1v) is 8.28. The third kappa shape index (κ3) is 6.88. The maximum absolute atomic E-state index is 6.23. The van der Waals surface area contributed by atoms with Crippen LogP contribution < -0.4 is 10.5 Å². The molecule has 1 aromatic carbocycles. The zero-order chi connectivity index (χ0) is 15.7. The SMILES string of the molecule is CCCCOCCOc1c(Cl)cc(Cl)cc1CC(N)CC. The molecular formula is C16H25Cl2NO2. The highest BCUT2D eigenvalue weighted by Gasteiger charge is 2.13. The van der Waals surface area contributed by atoms with E-state index in [0.717, 1.165) is 31.4 Å². The molecule has 3 nitrogen and oxygen atoms in total. The lowest BCUT2D eigenvalue weighted by atomic mass is 10.0. The van der Waals surface area contributed by atoms with E-state index in [1.54, 1.807) is 6.07 Å². The lowest BCUT2D eigenvalue weighted by Gasteiger charge is -2.16. The topological polar surface area (TPSA) is 44.5 Å². The Bertz CT molecular complexity index is 427. The van der Waals surface area contributed by atoms with Crippen LogP contribution in [0, 0.1) is 0 Å². The monoisotopic (exact) mass is 333 g/mol. The number of nitrogens with two attached hydrogens (primary N) is 1. The van der Waals surface area contributed by atoms with E-state index in [1.807, 2.05) is 6.07 Å². The van der Waals surface area contributed by atoms with Crippen molar-refractivity contribution in [2.24, 2.45) is 5.73 Å². The van der Waals surface area contributed by atoms with Crippen molar-refractivity contribution >= 4 is 23.2 Å². The summed E-state index contributed by atoms with van der Waals surface area (Å²) in [6.07, 6.45) is 3.79. The lowest BCUT2D eigenvalue weighted by molar-refractivity contribution is 0.0977. The number of ether oxygens (including phenoxy) is 2. The Hall–Kier alpha value is -0.480. The van der Waals surface area contributed by atoms with Gasteiger partial charge in [0, 0.05) is 17.7 Å². The van der Waals surface area contributed by atoms with Gasteiger partial charge in [0.15, 0.2) is 0 Å². The largest absolute Gasteiger partial charge is 0.489 e. The van der Waals surface area contributed by atoms with Crippen LogP contribution >= 0.6 is 23.2 Å². The lowest BCUT2D eigenvalue weighted by Crippen LogP contribution is -2.22. The smallest absolute Gasteiger partial charge is 0.141 e. The van der Waals surface area contributed by atoms with Crippen LogP contribution in [0.4, 0.5) is 0 Å². The first-order valence-electron chi connectivity index (χ1n) is 7.52. The van der Waals surface area contributed by atoms with E-state index in [0.29, 0.717) is 35.4 Å². The molecule has 0 saturated carbocycles. The number of rotatable bonds is 10. The predicted octanol–water partition coefficient (Wildman–Crippen LogP) is 4.47. The molecule has 0 aliphatic heterocycles. The molecule has 2 N–H and O–H groups in total. The maximum atomic E-state index is 6.23. The van der Waals surface area contributed by atoms with Crippen LogP contribution in [0.2, 0.25) is 10.0 Å². The second kappa shape index (κ2) is 10.3. The molecule has 1 aromatic rings. The van der Waals surface area contributed by atoms with Crippen LogP contribution in [0.3, 0.4) is 0 Å². The normalized spacial score (nSPS) is 12.4. The van der Waals surface area contributed by atoms with E-state index in [2.05, 4.69) is 13.8 Å². The van der Waals surface area contributed by atoms with Crippen LogP contribution in [0.15, 0.2) is 12.1 Å². The van der Waals surface area contributed by atoms with E-state index in [-0.39, 0.29) is 6.04 Å². The van der Waals surface area contributed by atoms with Gasteiger partial charge in [-0.05, 0) is 37.0 Å². The van der Waals surface area contributed by atoms with Crippen molar-refractivity contribution in [1.82, 2.24) is 0 Å². The molecule has 21 heavy (non-hydrogen) atoms. The fourth-order valence-corrected chi connectivity index (χ4v) is 2.49. The minimum atomic E-state index is 0.0719. The molecule has 0 aliphatic rings. The Kier molecular flexibility index (Phi) is 9.09. The van der Waals surface area contributed by atoms with Gasteiger partial charge in [-0.3, -0.25) is 0 Å². The second-order valence-electron chi connectivity index (χ2n) is 5.06. The molecule has 1 unspecified atom stereocenters. The average Bonchev–Trinajstić information content (AvgIpc) is 2.44. The molecule has 0 radical (unpaired) electrons. The molecule has 120 valence electrons. The van der Waals surface area contributed by atoms with Crippen LogP contribution in [0.5, 0.6) is 5.75 Å². The Morgan fingerprint density at radius 1 is 1.14 bits per heavy atom. The molecular weight excluding hydrogens is 309 g/mol. The van der Waals surface area contributed by atoms with Gasteiger partial charge in [-0.1, -0.05) is 43.5 Å². The van der Waals surface area contributed by atoms with E-state index >= 15 is 0 Å². The van der Waals surface area contributed by atoms with Gasteiger partial charge in [-0.25, -0.2) is 0 Å². The van der Waals surface area contributed by atoms with Gasteiger partial charge in [0.05, 0.1) is 11.6 Å². The maximum Gasteiger partial charge on any atom is 0.141 e. The molecule has 1 rings (SSSR count). The van der Waals surface area contributed by atoms with E-state index in [4.69, 9.17) is 38.4 Å². The highest BCUT2D eigenvalue weighted by molar-refractivity contribution is 6.35. The highest BCUT2D eigenvalue weighted by atomic mass is 35.5. The fourth-order valence-electron chi connectivity index (χ4n) is 1.90. The van der Waals surface area contributed by atoms with Crippen molar-refractivity contribution < 1.29 is 9.47 Å². The summed E-state index contributed by atoms with van der Waals surface area (Å²) in [5.41, 5.74) is 6.97. The summed E-state index contributed by atoms with van der Waals surface area (Å²) in [5.74, 6) is 0.670. The molecule has 0 spiro atoms. The molecule has 0 fully saturated rings. The average molecular weight is 334 g/mol. The summed E-state index contributed by atoms with van der Waals surface area (Å²) < 4.78 is 11.3. The van der Waals surface area contributed by atoms with Crippen molar-refractivity contribution in [3.05, 3.63) is 27.7 Å². The molecule has 0 saturated heterocycles. The summed E-state index contributed by atoms with van der Waals surface area (Å²) in [4.78, 5) is 0. The van der Waals surface area contributed by atoms with Gasteiger partial charge in [-0.2, -0.15) is 0 Å². The predicted molar refractivity (Wildman–Crippen MR) is 89.7 cm³/mol. The van der Waals surface area contributed by atoms with Crippen molar-refractivity contribution in [3.63, 3.8) is 0 Å². The van der Waals surface area contributed by atoms with Crippen LogP contribution in [0.25, 0.3) is 0 Å². The quantitative estimate of drug-likeness (QED) is 0.642. The summed E-state index contributed by atoms with van der Waals surface area (Å²) >= 11 is 12.3. The van der Waals surface area contributed by atoms with E-state index in [1.165, 1.54) is 0 Å². The number of halogens is 2. The second-order valence-corrected chi connectivity index (χ2v) is 5.91. The Morgan fingerprint density at radius 2 is 1.90 bits per heavy atom. The fraction of sp³-hybridized carbons (Fsp3) is 0.625. The van der Waals surface area contributed by atoms with Crippen LogP contribution in [0.1, 0.15) is 38.7 Å². The van der Waals surface area contributed by atoms with E-state index < -0.39 is 0 Å². The van der Waals surface area contributed by atoms with Crippen molar-refractivity contribution in [1.29, 1.82) is 0 Å². The third-order valence-corrected chi connectivity index (χ3v) is 3.71. The van der Waals surface area contributed by atoms with Gasteiger partial charge >= 0.3 is 0 Å². The molecule has 0 aliphatic carbocycles. The zero-order valence-electron chi connectivity index (χ0n) is 12.8. The molecule has 0 bridgehead atoms. The standard InChI is InChI=1S/C16H25Cl2NO2/c1-3-5-6-20-7-8-21-16-12(10-14(19)4-2)9-13(17)11-15(16)18/h9,11,14H,3-8,10,19H2,1-2H3. The van der Waals surface area contributed by atoms with Gasteiger partial charge in [0.25, 0.3) is 0 Å². The van der Waals surface area contributed by atoms with Gasteiger partial charge in [0.2, 0.25) is 0 Å². The number of hydrogen-bond acceptors (Lipinski definition) is 3. The summed E-state index contributed by atoms with van der Waals surface area (Å²) in [6.45, 7) is 5.98. The highest BCUT2D eigenvalue weighted by Crippen LogP contribution is 2.33. The minimum Gasteiger partial charge on any atom is -0.489 e. The Morgan fingerprint density at radius 3 is 2.57 bits per heavy atom. The molecule has 0 amide bonds. The van der Waals surface area contributed by atoms with E-state index in [9.17, 15) is 0 Å². The van der Waals surface area contributed by atoms with Gasteiger partial charge in [0.1, 0.15) is 12.4 Å². The summed E-state index contributed by atoms with van der Waals surface area (Å²) in [5, 5.41) is 1.12. The Labute approximate surface area is 137 Å². The number of unbranched alkanes of at least 4 members (excludes halogenated alkanes) is 1. The number of hydrogen-bond donors (Lipinski definition) is 1. The van der Waals surface area contributed by atoms with Crippen LogP contribution in [-0.4, -0.2) is 25.9 Å². The third-order valence-electron chi connectivity index (χ3n) is 3.21. The van der Waals surface area contributed by atoms with Gasteiger partial charge < -0.3 is 15.2 Å². The number of benzene rings is 1. The molecule has 0 heterocycles. The van der Waals surface area contributed by atoms with Crippen molar-refractivity contribution in [2.75, 3.05) is 19.8 Å². The molecule has 5 heteroatoms. The first-order chi connectivity index (χ1) is 10.1. The summed E-state index contributed by atoms with van der Waals surface area (Å²) in [6, 6.07) is 3.64. The van der Waals surface area contributed by atoms with Crippen molar-refractivity contribution in [3.8, 4) is 5.75 Å². The minimum absolute atomic E-state index is 0.0719. The van der Waals surface area contributed by atoms with Crippen LogP contribution in [-0.2, 0) is 11.2 Å².